The van der Waals surface area contributed by atoms with Gasteiger partial charge in [-0.2, -0.15) is 13.2 Å². The van der Waals surface area contributed by atoms with Crippen LogP contribution in [0.3, 0.4) is 0 Å². The van der Waals surface area contributed by atoms with Crippen LogP contribution in [0, 0.1) is 0 Å². The fourth-order valence-electron chi connectivity index (χ4n) is 1.99. The van der Waals surface area contributed by atoms with Gasteiger partial charge in [0.25, 0.3) is 0 Å². The van der Waals surface area contributed by atoms with Crippen LogP contribution in [0.5, 0.6) is 0 Å². The van der Waals surface area contributed by atoms with Gasteiger partial charge in [-0.25, -0.2) is 0 Å². The Bertz CT molecular complexity index is 403. The molecule has 100 valence electrons. The van der Waals surface area contributed by atoms with E-state index in [1.807, 2.05) is 0 Å². The van der Waals surface area contributed by atoms with Crippen LogP contribution < -0.4 is 4.90 Å². The lowest BCUT2D eigenvalue weighted by atomic mass is 10.1. The number of hydrogen-bond donors (Lipinski definition) is 1. The van der Waals surface area contributed by atoms with E-state index in [0.29, 0.717) is 32.0 Å². The molecule has 0 bridgehead atoms. The highest BCUT2D eigenvalue weighted by atomic mass is 19.4. The Hall–Kier alpha value is -1.27. The number of hydrogen-bond acceptors (Lipinski definition) is 3. The van der Waals surface area contributed by atoms with E-state index >= 15 is 0 Å². The number of halogens is 3. The second-order valence-corrected chi connectivity index (χ2v) is 4.10. The third kappa shape index (κ3) is 2.76. The zero-order valence-electron chi connectivity index (χ0n) is 9.65. The first-order valence-corrected chi connectivity index (χ1v) is 5.66. The van der Waals surface area contributed by atoms with Crippen molar-refractivity contribution in [2.75, 3.05) is 31.2 Å². The monoisotopic (exact) mass is 261 g/mol. The van der Waals surface area contributed by atoms with Crippen LogP contribution in [-0.4, -0.2) is 37.6 Å². The lowest BCUT2D eigenvalue weighted by Crippen LogP contribution is -2.37. The van der Waals surface area contributed by atoms with Crippen molar-refractivity contribution >= 4 is 5.69 Å². The molecule has 1 fully saturated rings. The molecule has 3 nitrogen and oxygen atoms in total. The normalized spacial score (nSPS) is 18.8. The molecule has 1 atom stereocenters. The molecule has 6 heteroatoms. The Morgan fingerprint density at radius 1 is 1.17 bits per heavy atom. The van der Waals surface area contributed by atoms with Crippen LogP contribution in [0.4, 0.5) is 18.9 Å². The van der Waals surface area contributed by atoms with Gasteiger partial charge in [-0.3, -0.25) is 0 Å². The van der Waals surface area contributed by atoms with Crippen molar-refractivity contribution in [1.29, 1.82) is 0 Å². The molecule has 1 aromatic carbocycles. The first-order chi connectivity index (χ1) is 8.50. The maximum absolute atomic E-state index is 12.6. The third-order valence-electron chi connectivity index (χ3n) is 2.89. The number of ether oxygens (including phenoxy) is 1. The van der Waals surface area contributed by atoms with Gasteiger partial charge >= 0.3 is 6.18 Å². The van der Waals surface area contributed by atoms with Crippen molar-refractivity contribution < 1.29 is 23.0 Å². The Morgan fingerprint density at radius 3 is 2.39 bits per heavy atom. The van der Waals surface area contributed by atoms with Crippen LogP contribution in [0.25, 0.3) is 0 Å². The zero-order valence-corrected chi connectivity index (χ0v) is 9.65. The molecule has 0 unspecified atom stereocenters. The van der Waals surface area contributed by atoms with Crippen molar-refractivity contribution in [3.8, 4) is 0 Å². The number of benzene rings is 1. The zero-order chi connectivity index (χ0) is 13.2. The first-order valence-electron chi connectivity index (χ1n) is 5.66. The number of aliphatic hydroxyl groups is 1. The summed E-state index contributed by atoms with van der Waals surface area (Å²) in [4.78, 5) is 1.80. The second kappa shape index (κ2) is 5.16. The van der Waals surface area contributed by atoms with E-state index in [2.05, 4.69) is 0 Å². The molecule has 0 aromatic heterocycles. The number of para-hydroxylation sites is 1. The van der Waals surface area contributed by atoms with Crippen molar-refractivity contribution in [2.24, 2.45) is 0 Å². The highest BCUT2D eigenvalue weighted by Crippen LogP contribution is 2.37. The van der Waals surface area contributed by atoms with Gasteiger partial charge < -0.3 is 14.7 Å². The number of morpholine rings is 1. The minimum atomic E-state index is -4.65. The van der Waals surface area contributed by atoms with Gasteiger partial charge in [0.15, 0.2) is 6.10 Å². The van der Waals surface area contributed by atoms with Crippen LogP contribution in [0.1, 0.15) is 11.7 Å². The van der Waals surface area contributed by atoms with Gasteiger partial charge in [0.2, 0.25) is 0 Å². The van der Waals surface area contributed by atoms with Crippen LogP contribution in [0.15, 0.2) is 24.3 Å². The molecule has 0 radical (unpaired) electrons. The molecule has 0 amide bonds. The highest BCUT2D eigenvalue weighted by molar-refractivity contribution is 5.55. The predicted octanol–water partition coefficient (Wildman–Crippen LogP) is 2.12. The summed E-state index contributed by atoms with van der Waals surface area (Å²) in [6, 6.07) is 6.06. The summed E-state index contributed by atoms with van der Waals surface area (Å²) in [6.07, 6.45) is -7.10. The fourth-order valence-corrected chi connectivity index (χ4v) is 1.99. The average Bonchev–Trinajstić information content (AvgIpc) is 2.38. The summed E-state index contributed by atoms with van der Waals surface area (Å²) in [6.45, 7) is 2.02. The van der Waals surface area contributed by atoms with Gasteiger partial charge in [0, 0.05) is 24.3 Å². The minimum absolute atomic E-state index is 0.105. The quantitative estimate of drug-likeness (QED) is 0.885. The Balaban J connectivity index is 2.30. The molecule has 1 heterocycles. The summed E-state index contributed by atoms with van der Waals surface area (Å²) in [7, 11) is 0. The number of nitrogens with zero attached hydrogens (tertiary/aromatic N) is 1. The lowest BCUT2D eigenvalue weighted by molar-refractivity contribution is -0.206. The van der Waals surface area contributed by atoms with E-state index in [0.717, 1.165) is 0 Å². The molecule has 0 aliphatic carbocycles. The summed E-state index contributed by atoms with van der Waals surface area (Å²) in [5.41, 5.74) is 0.317. The van der Waals surface area contributed by atoms with Crippen molar-refractivity contribution in [3.05, 3.63) is 29.8 Å². The summed E-state index contributed by atoms with van der Waals surface area (Å²) < 4.78 is 42.9. The molecule has 0 saturated carbocycles. The van der Waals surface area contributed by atoms with Crippen LogP contribution >= 0.6 is 0 Å². The van der Waals surface area contributed by atoms with E-state index in [1.165, 1.54) is 12.1 Å². The maximum atomic E-state index is 12.6. The molecule has 18 heavy (non-hydrogen) atoms. The number of aliphatic hydroxyl groups excluding tert-OH is 1. The van der Waals surface area contributed by atoms with Crippen LogP contribution in [-0.2, 0) is 4.74 Å². The van der Waals surface area contributed by atoms with Gasteiger partial charge in [-0.15, -0.1) is 0 Å². The Morgan fingerprint density at radius 2 is 1.78 bits per heavy atom. The van der Waals surface area contributed by atoms with E-state index in [-0.39, 0.29) is 5.56 Å². The molecule has 0 spiro atoms. The molecule has 1 aliphatic rings. The number of rotatable bonds is 2. The maximum Gasteiger partial charge on any atom is 0.418 e. The highest BCUT2D eigenvalue weighted by Gasteiger charge is 2.41. The number of anilines is 1. The number of alkyl halides is 3. The molecular formula is C12H14F3NO2. The molecule has 2 rings (SSSR count). The second-order valence-electron chi connectivity index (χ2n) is 4.10. The molecule has 1 saturated heterocycles. The summed E-state index contributed by atoms with van der Waals surface area (Å²) in [5, 5.41) is 9.39. The predicted molar refractivity (Wildman–Crippen MR) is 60.5 cm³/mol. The van der Waals surface area contributed by atoms with Crippen molar-refractivity contribution in [2.45, 2.75) is 12.3 Å². The molecule has 1 N–H and O–H groups in total. The van der Waals surface area contributed by atoms with Crippen LogP contribution in [0.2, 0.25) is 0 Å². The molecule has 1 aromatic rings. The van der Waals surface area contributed by atoms with E-state index < -0.39 is 12.3 Å². The van der Waals surface area contributed by atoms with Crippen molar-refractivity contribution in [1.82, 2.24) is 0 Å². The minimum Gasteiger partial charge on any atom is -0.379 e. The topological polar surface area (TPSA) is 32.7 Å². The summed E-state index contributed by atoms with van der Waals surface area (Å²) >= 11 is 0. The van der Waals surface area contributed by atoms with E-state index in [9.17, 15) is 18.3 Å². The van der Waals surface area contributed by atoms with Crippen molar-refractivity contribution in [3.63, 3.8) is 0 Å². The van der Waals surface area contributed by atoms with Gasteiger partial charge in [0.05, 0.1) is 13.2 Å². The van der Waals surface area contributed by atoms with E-state index in [1.54, 1.807) is 17.0 Å². The fraction of sp³-hybridized carbons (Fsp3) is 0.500. The average molecular weight is 261 g/mol. The van der Waals surface area contributed by atoms with E-state index in [4.69, 9.17) is 4.74 Å². The molecule has 1 aliphatic heterocycles. The lowest BCUT2D eigenvalue weighted by Gasteiger charge is -2.31. The smallest absolute Gasteiger partial charge is 0.379 e. The molecular weight excluding hydrogens is 247 g/mol. The largest absolute Gasteiger partial charge is 0.418 e. The Labute approximate surface area is 103 Å². The Kier molecular flexibility index (Phi) is 3.77. The summed E-state index contributed by atoms with van der Waals surface area (Å²) in [5.74, 6) is 0. The first kappa shape index (κ1) is 13.2. The standard InChI is InChI=1S/C12H14F3NO2/c13-12(14,15)11(17)9-3-1-2-4-10(9)16-5-7-18-8-6-16/h1-4,11,17H,5-8H2/t11-/m1/s1. The van der Waals surface area contributed by atoms with Gasteiger partial charge in [0.1, 0.15) is 0 Å². The van der Waals surface area contributed by atoms with Gasteiger partial charge in [-0.1, -0.05) is 18.2 Å². The third-order valence-corrected chi connectivity index (χ3v) is 2.89. The SMILES string of the molecule is O[C@H](c1ccccc1N1CCOCC1)C(F)(F)F. The van der Waals surface area contributed by atoms with Gasteiger partial charge in [-0.05, 0) is 6.07 Å².